The molecule has 4 aromatic carbocycles. The van der Waals surface area contributed by atoms with Crippen molar-refractivity contribution in [1.82, 2.24) is 10.6 Å². The Kier molecular flexibility index (Phi) is 9.40. The number of nitrogen functional groups attached to an aromatic ring is 1. The average molecular weight is 662 g/mol. The van der Waals surface area contributed by atoms with Crippen molar-refractivity contribution in [3.05, 3.63) is 124 Å². The van der Waals surface area contributed by atoms with Gasteiger partial charge in [0.1, 0.15) is 18.3 Å². The highest BCUT2D eigenvalue weighted by Gasteiger charge is 2.39. The zero-order valence-electron chi connectivity index (χ0n) is 26.9. The number of nitrogens with two attached hydrogens (primary N) is 1. The predicted molar refractivity (Wildman–Crippen MR) is 182 cm³/mol. The molecule has 2 heterocycles. The van der Waals surface area contributed by atoms with Gasteiger partial charge in [-0.05, 0) is 60.9 Å². The number of phenolic OH excluding ortho intramolecular Hbond substituents is 1. The number of benzodiazepines with no additional fused rings is 1. The van der Waals surface area contributed by atoms with Gasteiger partial charge in [-0.2, -0.15) is 0 Å². The van der Waals surface area contributed by atoms with Gasteiger partial charge in [0.15, 0.2) is 0 Å². The molecule has 2 unspecified atom stereocenters. The van der Waals surface area contributed by atoms with E-state index >= 15 is 0 Å². The Labute approximate surface area is 282 Å². The molecular formula is C37H35N5O7. The van der Waals surface area contributed by atoms with Crippen molar-refractivity contribution in [3.63, 3.8) is 0 Å². The van der Waals surface area contributed by atoms with Crippen LogP contribution >= 0.6 is 0 Å². The van der Waals surface area contributed by atoms with Crippen LogP contribution < -0.4 is 21.3 Å². The number of benzene rings is 4. The Bertz CT molecular complexity index is 1920. The fraction of sp³-hybridized carbons (Fsp3) is 0.216. The van der Waals surface area contributed by atoms with Gasteiger partial charge in [0, 0.05) is 22.4 Å². The number of esters is 1. The summed E-state index contributed by atoms with van der Waals surface area (Å²) in [5.41, 5.74) is 10.5. The predicted octanol–water partition coefficient (Wildman–Crippen LogP) is 3.51. The maximum Gasteiger partial charge on any atom is 0.310 e. The third kappa shape index (κ3) is 7.29. The molecule has 0 bridgehead atoms. The molecule has 2 aliphatic rings. The highest BCUT2D eigenvalue weighted by Crippen LogP contribution is 2.31. The minimum absolute atomic E-state index is 0.0683. The molecule has 12 nitrogen and oxygen atoms in total. The molecule has 3 amide bonds. The molecule has 4 aromatic rings. The Hall–Kier alpha value is -6.01. The lowest BCUT2D eigenvalue weighted by molar-refractivity contribution is -0.168. The van der Waals surface area contributed by atoms with E-state index in [1.807, 2.05) is 60.7 Å². The number of aryl methyl sites for hydroxylation is 2. The summed E-state index contributed by atoms with van der Waals surface area (Å²) in [6, 6.07) is 25.6. The number of fused-ring (bicyclic) bond motifs is 1. The number of cyclic esters (lactones) is 1. The summed E-state index contributed by atoms with van der Waals surface area (Å²) < 4.78 is 11.2. The Balaban J connectivity index is 1.30. The normalized spacial score (nSPS) is 18.6. The van der Waals surface area contributed by atoms with E-state index in [2.05, 4.69) is 10.6 Å². The van der Waals surface area contributed by atoms with E-state index in [0.717, 1.165) is 5.56 Å². The summed E-state index contributed by atoms with van der Waals surface area (Å²) >= 11 is 0. The summed E-state index contributed by atoms with van der Waals surface area (Å²) in [5.74, 6) is -2.33. The smallest absolute Gasteiger partial charge is 0.310 e. The molecule has 250 valence electrons. The van der Waals surface area contributed by atoms with Gasteiger partial charge < -0.3 is 30.9 Å². The lowest BCUT2D eigenvalue weighted by atomic mass is 9.99. The number of aromatic hydroxyl groups is 1. The monoisotopic (exact) mass is 661 g/mol. The molecule has 6 rings (SSSR count). The van der Waals surface area contributed by atoms with E-state index in [0.29, 0.717) is 39.3 Å². The molecular weight excluding hydrogens is 626 g/mol. The zero-order valence-corrected chi connectivity index (χ0v) is 26.9. The third-order valence-electron chi connectivity index (χ3n) is 8.26. The number of carbonyl (C=O) groups excluding carboxylic acids is 4. The fourth-order valence-corrected chi connectivity index (χ4v) is 5.83. The van der Waals surface area contributed by atoms with Gasteiger partial charge in [0.25, 0.3) is 11.8 Å². The highest BCUT2D eigenvalue weighted by atomic mass is 16.7. The number of phenols is 1. The van der Waals surface area contributed by atoms with E-state index in [1.165, 1.54) is 17.0 Å². The van der Waals surface area contributed by atoms with Crippen molar-refractivity contribution in [2.24, 2.45) is 4.99 Å². The van der Waals surface area contributed by atoms with E-state index in [9.17, 15) is 24.3 Å². The Morgan fingerprint density at radius 1 is 0.959 bits per heavy atom. The minimum Gasteiger partial charge on any atom is -0.507 e. The van der Waals surface area contributed by atoms with Gasteiger partial charge >= 0.3 is 5.97 Å². The first-order valence-corrected chi connectivity index (χ1v) is 15.7. The van der Waals surface area contributed by atoms with Crippen LogP contribution in [0.2, 0.25) is 0 Å². The van der Waals surface area contributed by atoms with Gasteiger partial charge in [-0.1, -0.05) is 60.7 Å². The molecule has 1 saturated heterocycles. The van der Waals surface area contributed by atoms with Crippen LogP contribution in [0.1, 0.15) is 44.6 Å². The third-order valence-corrected chi connectivity index (χ3v) is 8.26. The second-order valence-electron chi connectivity index (χ2n) is 11.9. The number of carbonyl (C=O) groups is 4. The number of ether oxygens (including phenoxy) is 2. The number of nitrogens with one attached hydrogen (secondary N) is 2. The molecule has 0 spiro atoms. The van der Waals surface area contributed by atoms with Crippen molar-refractivity contribution in [2.45, 2.75) is 45.4 Å². The molecule has 49 heavy (non-hydrogen) atoms. The summed E-state index contributed by atoms with van der Waals surface area (Å²) in [6.45, 7) is 3.02. The number of hydrogen-bond donors (Lipinski definition) is 4. The van der Waals surface area contributed by atoms with Crippen LogP contribution in [0, 0.1) is 13.8 Å². The van der Waals surface area contributed by atoms with E-state index in [1.54, 1.807) is 32.0 Å². The standard InChI is InChI=1S/C37H35N5O7/c1-21-15-25(16-22(2)33(21)45)35(46)41-34-36(47)42(29-14-13-26(38)17-27(29)32(40-34)24-11-7-4-8-12-24)19-30(43)39-28-18-31(44)49-37(28)48-20-23-9-5-3-6-10-23/h3-17,28,34,37,45H,18-20,38H2,1-2H3,(H,39,43)(H,41,46)/t28-,34?,37?/m0/s1. The second-order valence-corrected chi connectivity index (χ2v) is 11.9. The van der Waals surface area contributed by atoms with Crippen LogP contribution in [0.25, 0.3) is 0 Å². The van der Waals surface area contributed by atoms with Gasteiger partial charge in [-0.3, -0.25) is 24.1 Å². The van der Waals surface area contributed by atoms with Crippen molar-refractivity contribution >= 4 is 40.8 Å². The highest BCUT2D eigenvalue weighted by molar-refractivity contribution is 6.21. The largest absolute Gasteiger partial charge is 0.507 e. The Morgan fingerprint density at radius 2 is 1.63 bits per heavy atom. The summed E-state index contributed by atoms with van der Waals surface area (Å²) in [7, 11) is 0. The molecule has 0 aliphatic carbocycles. The van der Waals surface area contributed by atoms with Crippen molar-refractivity contribution in [3.8, 4) is 5.75 Å². The van der Waals surface area contributed by atoms with Crippen LogP contribution in [-0.4, -0.2) is 59.6 Å². The first-order chi connectivity index (χ1) is 23.6. The van der Waals surface area contributed by atoms with Gasteiger partial charge in [0.2, 0.25) is 18.4 Å². The number of anilines is 2. The molecule has 3 atom stereocenters. The quantitative estimate of drug-likeness (QED) is 0.156. The molecule has 0 radical (unpaired) electrons. The number of hydrogen-bond acceptors (Lipinski definition) is 9. The zero-order chi connectivity index (χ0) is 34.7. The number of nitrogens with zero attached hydrogens (tertiary/aromatic N) is 2. The Morgan fingerprint density at radius 3 is 2.33 bits per heavy atom. The first kappa shape index (κ1) is 32.9. The first-order valence-electron chi connectivity index (χ1n) is 15.7. The molecule has 0 saturated carbocycles. The summed E-state index contributed by atoms with van der Waals surface area (Å²) in [4.78, 5) is 59.7. The van der Waals surface area contributed by atoms with Crippen LogP contribution in [-0.2, 0) is 30.5 Å². The second kappa shape index (κ2) is 14.0. The minimum atomic E-state index is -1.45. The van der Waals surface area contributed by atoms with Crippen molar-refractivity contribution in [1.29, 1.82) is 0 Å². The van der Waals surface area contributed by atoms with Crippen LogP contribution in [0.5, 0.6) is 5.75 Å². The number of amides is 3. The maximum absolute atomic E-state index is 14.3. The van der Waals surface area contributed by atoms with Gasteiger partial charge in [-0.15, -0.1) is 0 Å². The van der Waals surface area contributed by atoms with Crippen LogP contribution in [0.3, 0.4) is 0 Å². The molecule has 5 N–H and O–H groups in total. The van der Waals surface area contributed by atoms with Crippen molar-refractivity contribution < 1.29 is 33.8 Å². The number of aliphatic imine (C=N–C) groups is 1. The van der Waals surface area contributed by atoms with Crippen LogP contribution in [0.15, 0.2) is 96.0 Å². The van der Waals surface area contributed by atoms with E-state index in [-0.39, 0.29) is 24.3 Å². The van der Waals surface area contributed by atoms with Crippen molar-refractivity contribution in [2.75, 3.05) is 17.2 Å². The van der Waals surface area contributed by atoms with Gasteiger partial charge in [-0.25, -0.2) is 4.99 Å². The lowest BCUT2D eigenvalue weighted by Crippen LogP contribution is -2.52. The summed E-state index contributed by atoms with van der Waals surface area (Å²) in [6.07, 6.45) is -2.59. The average Bonchev–Trinajstić information content (AvgIpc) is 3.40. The fourth-order valence-electron chi connectivity index (χ4n) is 5.83. The van der Waals surface area contributed by atoms with E-state index in [4.69, 9.17) is 20.2 Å². The summed E-state index contributed by atoms with van der Waals surface area (Å²) in [5, 5.41) is 15.7. The topological polar surface area (TPSA) is 173 Å². The number of rotatable bonds is 9. The molecule has 2 aliphatic heterocycles. The maximum atomic E-state index is 14.3. The molecule has 1 fully saturated rings. The van der Waals surface area contributed by atoms with Gasteiger partial charge in [0.05, 0.1) is 24.4 Å². The molecule has 0 aromatic heterocycles. The molecule has 12 heteroatoms. The lowest BCUT2D eigenvalue weighted by Gasteiger charge is -2.26. The van der Waals surface area contributed by atoms with E-state index < -0.39 is 48.7 Å². The SMILES string of the molecule is Cc1cc(C(=O)NC2N=C(c3ccccc3)c3cc(N)ccc3N(CC(=O)N[C@H]3CC(=O)OC3OCc3ccccc3)C2=O)cc(C)c1O. The van der Waals surface area contributed by atoms with Crippen LogP contribution in [0.4, 0.5) is 11.4 Å².